The SMILES string of the molecule is CCc1c(N)cc(C(F)(F)F)cc1C(=O)c1ccccc1. The van der Waals surface area contributed by atoms with Gasteiger partial charge in [-0.3, -0.25) is 4.79 Å². The van der Waals surface area contributed by atoms with Gasteiger partial charge in [0.25, 0.3) is 0 Å². The van der Waals surface area contributed by atoms with Crippen LogP contribution in [-0.4, -0.2) is 5.78 Å². The van der Waals surface area contributed by atoms with Gasteiger partial charge in [-0.15, -0.1) is 0 Å². The molecule has 0 fully saturated rings. The first-order valence-electron chi connectivity index (χ1n) is 6.44. The lowest BCUT2D eigenvalue weighted by atomic mass is 9.93. The topological polar surface area (TPSA) is 43.1 Å². The molecular formula is C16H14F3NO. The molecule has 0 aliphatic carbocycles. The predicted molar refractivity (Wildman–Crippen MR) is 75.1 cm³/mol. The van der Waals surface area contributed by atoms with Gasteiger partial charge < -0.3 is 5.73 Å². The quantitative estimate of drug-likeness (QED) is 0.684. The zero-order chi connectivity index (χ0) is 15.6. The third-order valence-electron chi connectivity index (χ3n) is 3.25. The van der Waals surface area contributed by atoms with E-state index in [1.165, 1.54) is 0 Å². The minimum Gasteiger partial charge on any atom is -0.398 e. The van der Waals surface area contributed by atoms with Gasteiger partial charge in [0, 0.05) is 16.8 Å². The average molecular weight is 293 g/mol. The van der Waals surface area contributed by atoms with Crippen molar-refractivity contribution in [2.75, 3.05) is 5.73 Å². The Labute approximate surface area is 120 Å². The summed E-state index contributed by atoms with van der Waals surface area (Å²) in [6, 6.07) is 9.95. The molecule has 2 N–H and O–H groups in total. The first-order chi connectivity index (χ1) is 9.84. The van der Waals surface area contributed by atoms with Crippen molar-refractivity contribution in [2.24, 2.45) is 0 Å². The maximum absolute atomic E-state index is 12.9. The third kappa shape index (κ3) is 3.07. The van der Waals surface area contributed by atoms with E-state index < -0.39 is 17.5 Å². The second kappa shape index (κ2) is 5.60. The third-order valence-corrected chi connectivity index (χ3v) is 3.25. The summed E-state index contributed by atoms with van der Waals surface area (Å²) in [6.07, 6.45) is -4.15. The van der Waals surface area contributed by atoms with Crippen LogP contribution in [-0.2, 0) is 12.6 Å². The van der Waals surface area contributed by atoms with Crippen LogP contribution in [0.2, 0.25) is 0 Å². The van der Waals surface area contributed by atoms with Crippen molar-refractivity contribution in [2.45, 2.75) is 19.5 Å². The van der Waals surface area contributed by atoms with E-state index in [2.05, 4.69) is 0 Å². The fourth-order valence-electron chi connectivity index (χ4n) is 2.20. The molecule has 21 heavy (non-hydrogen) atoms. The van der Waals surface area contributed by atoms with Crippen molar-refractivity contribution in [1.29, 1.82) is 0 Å². The molecule has 0 saturated heterocycles. The first-order valence-corrected chi connectivity index (χ1v) is 6.44. The minimum absolute atomic E-state index is 0.00777. The van der Waals surface area contributed by atoms with Crippen LogP contribution >= 0.6 is 0 Å². The fourth-order valence-corrected chi connectivity index (χ4v) is 2.20. The normalized spacial score (nSPS) is 11.4. The number of carbonyl (C=O) groups excluding carboxylic acids is 1. The van der Waals surface area contributed by atoms with Gasteiger partial charge in [0.05, 0.1) is 5.56 Å². The zero-order valence-corrected chi connectivity index (χ0v) is 11.4. The lowest BCUT2D eigenvalue weighted by Gasteiger charge is -2.15. The Bertz CT molecular complexity index is 663. The number of benzene rings is 2. The molecule has 0 amide bonds. The summed E-state index contributed by atoms with van der Waals surface area (Å²) in [5.41, 5.74) is 5.57. The van der Waals surface area contributed by atoms with E-state index in [9.17, 15) is 18.0 Å². The molecule has 2 rings (SSSR count). The molecule has 0 aromatic heterocycles. The number of nitrogen functional groups attached to an aromatic ring is 1. The Morgan fingerprint density at radius 1 is 1.14 bits per heavy atom. The zero-order valence-electron chi connectivity index (χ0n) is 11.4. The molecule has 0 saturated carbocycles. The molecule has 0 aliphatic heterocycles. The lowest BCUT2D eigenvalue weighted by molar-refractivity contribution is -0.137. The van der Waals surface area contributed by atoms with Crippen molar-refractivity contribution in [3.05, 3.63) is 64.7 Å². The Balaban J connectivity index is 2.61. The van der Waals surface area contributed by atoms with Gasteiger partial charge in [-0.25, -0.2) is 0 Å². The highest BCUT2D eigenvalue weighted by molar-refractivity contribution is 6.10. The van der Waals surface area contributed by atoms with Crippen LogP contribution in [0.1, 0.15) is 34.0 Å². The van der Waals surface area contributed by atoms with Crippen LogP contribution in [0.4, 0.5) is 18.9 Å². The Morgan fingerprint density at radius 3 is 2.29 bits per heavy atom. The highest BCUT2D eigenvalue weighted by Gasteiger charge is 2.32. The number of ketones is 1. The van der Waals surface area contributed by atoms with Gasteiger partial charge in [-0.1, -0.05) is 37.3 Å². The number of alkyl halides is 3. The van der Waals surface area contributed by atoms with E-state index in [1.54, 1.807) is 37.3 Å². The molecule has 2 aromatic rings. The van der Waals surface area contributed by atoms with Crippen LogP contribution in [0.5, 0.6) is 0 Å². The van der Waals surface area contributed by atoms with E-state index in [1.807, 2.05) is 0 Å². The van der Waals surface area contributed by atoms with Gasteiger partial charge in [0.1, 0.15) is 0 Å². The van der Waals surface area contributed by atoms with E-state index in [0.717, 1.165) is 12.1 Å². The van der Waals surface area contributed by atoms with Crippen LogP contribution < -0.4 is 5.73 Å². The molecule has 0 atom stereocenters. The predicted octanol–water partition coefficient (Wildman–Crippen LogP) is 4.08. The largest absolute Gasteiger partial charge is 0.416 e. The summed E-state index contributed by atoms with van der Waals surface area (Å²) in [5.74, 6) is -0.453. The average Bonchev–Trinajstić information content (AvgIpc) is 2.45. The Morgan fingerprint density at radius 2 is 1.76 bits per heavy atom. The van der Waals surface area contributed by atoms with Crippen molar-refractivity contribution < 1.29 is 18.0 Å². The Kier molecular flexibility index (Phi) is 4.02. The molecule has 0 heterocycles. The Hall–Kier alpha value is -2.30. The maximum Gasteiger partial charge on any atom is 0.416 e. The summed E-state index contributed by atoms with van der Waals surface area (Å²) in [4.78, 5) is 12.4. The van der Waals surface area contributed by atoms with E-state index in [-0.39, 0.29) is 11.3 Å². The van der Waals surface area contributed by atoms with Crippen molar-refractivity contribution in [3.8, 4) is 0 Å². The highest BCUT2D eigenvalue weighted by Crippen LogP contribution is 2.34. The molecule has 0 bridgehead atoms. The molecule has 5 heteroatoms. The van der Waals surface area contributed by atoms with E-state index in [0.29, 0.717) is 17.5 Å². The maximum atomic E-state index is 12.9. The van der Waals surface area contributed by atoms with Gasteiger partial charge in [0.15, 0.2) is 5.78 Å². The summed E-state index contributed by atoms with van der Waals surface area (Å²) < 4.78 is 38.6. The van der Waals surface area contributed by atoms with Crippen molar-refractivity contribution >= 4 is 11.5 Å². The summed E-state index contributed by atoms with van der Waals surface area (Å²) in [6.45, 7) is 1.75. The molecule has 0 spiro atoms. The van der Waals surface area contributed by atoms with Crippen LogP contribution in [0, 0.1) is 0 Å². The van der Waals surface area contributed by atoms with Crippen molar-refractivity contribution in [1.82, 2.24) is 0 Å². The van der Waals surface area contributed by atoms with E-state index >= 15 is 0 Å². The monoisotopic (exact) mass is 293 g/mol. The van der Waals surface area contributed by atoms with Gasteiger partial charge >= 0.3 is 6.18 Å². The van der Waals surface area contributed by atoms with Crippen LogP contribution in [0.15, 0.2) is 42.5 Å². The summed E-state index contributed by atoms with van der Waals surface area (Å²) >= 11 is 0. The number of anilines is 1. The summed E-state index contributed by atoms with van der Waals surface area (Å²) in [7, 11) is 0. The summed E-state index contributed by atoms with van der Waals surface area (Å²) in [5, 5.41) is 0. The number of nitrogens with two attached hydrogens (primary N) is 1. The molecule has 0 aliphatic rings. The van der Waals surface area contributed by atoms with Gasteiger partial charge in [0.2, 0.25) is 0 Å². The molecule has 0 unspecified atom stereocenters. The van der Waals surface area contributed by atoms with Crippen LogP contribution in [0.25, 0.3) is 0 Å². The van der Waals surface area contributed by atoms with Gasteiger partial charge in [-0.2, -0.15) is 13.2 Å². The molecule has 2 nitrogen and oxygen atoms in total. The second-order valence-corrected chi connectivity index (χ2v) is 4.64. The lowest BCUT2D eigenvalue weighted by Crippen LogP contribution is -2.13. The fraction of sp³-hybridized carbons (Fsp3) is 0.188. The molecule has 0 radical (unpaired) electrons. The van der Waals surface area contributed by atoms with Crippen LogP contribution in [0.3, 0.4) is 0 Å². The second-order valence-electron chi connectivity index (χ2n) is 4.64. The smallest absolute Gasteiger partial charge is 0.398 e. The molecule has 2 aromatic carbocycles. The number of halogens is 3. The van der Waals surface area contributed by atoms with Crippen molar-refractivity contribution in [3.63, 3.8) is 0 Å². The standard InChI is InChI=1S/C16H14F3NO/c1-2-12-13(15(21)10-6-4-3-5-7-10)8-11(9-14(12)20)16(17,18)19/h3-9H,2,20H2,1H3. The highest BCUT2D eigenvalue weighted by atomic mass is 19.4. The molecular weight excluding hydrogens is 279 g/mol. The number of carbonyl (C=O) groups is 1. The number of rotatable bonds is 3. The van der Waals surface area contributed by atoms with E-state index in [4.69, 9.17) is 5.73 Å². The number of hydrogen-bond donors (Lipinski definition) is 1. The minimum atomic E-state index is -4.54. The molecule has 110 valence electrons. The number of hydrogen-bond acceptors (Lipinski definition) is 2. The first kappa shape index (κ1) is 15.1. The van der Waals surface area contributed by atoms with Gasteiger partial charge in [-0.05, 0) is 24.1 Å².